The van der Waals surface area contributed by atoms with E-state index < -0.39 is 17.8 Å². The largest absolute Gasteiger partial charge is 0.489 e. The summed E-state index contributed by atoms with van der Waals surface area (Å²) in [5, 5.41) is 10.4. The van der Waals surface area contributed by atoms with Crippen LogP contribution in [0.4, 0.5) is 13.2 Å². The van der Waals surface area contributed by atoms with E-state index in [0.29, 0.717) is 17.7 Å². The second-order valence-corrected chi connectivity index (χ2v) is 7.40. The van der Waals surface area contributed by atoms with E-state index in [1.165, 1.54) is 17.7 Å². The van der Waals surface area contributed by atoms with Crippen LogP contribution in [0, 0.1) is 0 Å². The summed E-state index contributed by atoms with van der Waals surface area (Å²) in [5.74, 6) is 0.897. The number of ether oxygens (including phenoxy) is 1. The Labute approximate surface area is 167 Å². The zero-order valence-corrected chi connectivity index (χ0v) is 15.7. The lowest BCUT2D eigenvalue weighted by molar-refractivity contribution is -0.137. The van der Waals surface area contributed by atoms with Crippen molar-refractivity contribution >= 4 is 0 Å². The molecular weight excluding hydrogens is 377 g/mol. The van der Waals surface area contributed by atoms with E-state index in [2.05, 4.69) is 6.07 Å². The number of fused-ring (bicyclic) bond motifs is 1. The standard InChI is InChI=1S/C24H21F3O2/c25-24(26,27)20-9-5-16(6-10-20)15-29-21-11-7-17(8-12-21)19-13-18-3-1-2-4-22(18)23(28)14-19/h1-12,19,23,28H,13-15H2. The first kappa shape index (κ1) is 19.5. The SMILES string of the molecule is OC1CC(c2ccc(OCc3ccc(C(F)(F)F)cc3)cc2)Cc2ccccc21. The fourth-order valence-corrected chi connectivity index (χ4v) is 3.84. The van der Waals surface area contributed by atoms with Crippen LogP contribution in [0.25, 0.3) is 0 Å². The van der Waals surface area contributed by atoms with E-state index in [4.69, 9.17) is 4.74 Å². The van der Waals surface area contributed by atoms with E-state index in [0.717, 1.165) is 29.7 Å². The molecule has 4 rings (SSSR count). The third-order valence-corrected chi connectivity index (χ3v) is 5.43. The lowest BCUT2D eigenvalue weighted by atomic mass is 9.79. The summed E-state index contributed by atoms with van der Waals surface area (Å²) < 4.78 is 43.6. The molecule has 150 valence electrons. The molecule has 3 aromatic rings. The summed E-state index contributed by atoms with van der Waals surface area (Å²) in [4.78, 5) is 0. The molecule has 1 aliphatic carbocycles. The van der Waals surface area contributed by atoms with Crippen molar-refractivity contribution in [3.8, 4) is 5.75 Å². The van der Waals surface area contributed by atoms with E-state index >= 15 is 0 Å². The lowest BCUT2D eigenvalue weighted by Gasteiger charge is -2.29. The Balaban J connectivity index is 1.39. The Morgan fingerprint density at radius 3 is 2.28 bits per heavy atom. The Bertz CT molecular complexity index is 963. The maximum atomic E-state index is 12.6. The van der Waals surface area contributed by atoms with Crippen LogP contribution < -0.4 is 4.74 Å². The van der Waals surface area contributed by atoms with Gasteiger partial charge in [-0.3, -0.25) is 0 Å². The first-order valence-electron chi connectivity index (χ1n) is 9.55. The highest BCUT2D eigenvalue weighted by Gasteiger charge is 2.30. The molecule has 1 aliphatic rings. The maximum absolute atomic E-state index is 12.6. The first-order chi connectivity index (χ1) is 13.9. The zero-order valence-electron chi connectivity index (χ0n) is 15.7. The summed E-state index contributed by atoms with van der Waals surface area (Å²) >= 11 is 0. The molecule has 0 bridgehead atoms. The van der Waals surface area contributed by atoms with Crippen LogP contribution in [0.5, 0.6) is 5.75 Å². The molecule has 0 radical (unpaired) electrons. The van der Waals surface area contributed by atoms with Crippen molar-refractivity contribution in [1.29, 1.82) is 0 Å². The Hall–Kier alpha value is -2.79. The summed E-state index contributed by atoms with van der Waals surface area (Å²) in [6.07, 6.45) is -3.22. The van der Waals surface area contributed by atoms with Gasteiger partial charge < -0.3 is 9.84 Å². The van der Waals surface area contributed by atoms with Crippen molar-refractivity contribution in [2.75, 3.05) is 0 Å². The van der Waals surface area contributed by atoms with Crippen LogP contribution in [-0.2, 0) is 19.2 Å². The number of aliphatic hydroxyl groups is 1. The van der Waals surface area contributed by atoms with Crippen LogP contribution in [0.1, 0.15) is 46.3 Å². The number of alkyl halides is 3. The predicted molar refractivity (Wildman–Crippen MR) is 105 cm³/mol. The summed E-state index contributed by atoms with van der Waals surface area (Å²) in [6.45, 7) is 0.201. The fourth-order valence-electron chi connectivity index (χ4n) is 3.84. The van der Waals surface area contributed by atoms with Crippen LogP contribution in [0.15, 0.2) is 72.8 Å². The van der Waals surface area contributed by atoms with Gasteiger partial charge in [0.05, 0.1) is 11.7 Å². The van der Waals surface area contributed by atoms with Gasteiger partial charge in [-0.25, -0.2) is 0 Å². The second kappa shape index (κ2) is 7.91. The van der Waals surface area contributed by atoms with Crippen LogP contribution >= 0.6 is 0 Å². The maximum Gasteiger partial charge on any atom is 0.416 e. The van der Waals surface area contributed by atoms with Gasteiger partial charge in [0.2, 0.25) is 0 Å². The van der Waals surface area contributed by atoms with Crippen molar-refractivity contribution in [2.45, 2.75) is 37.6 Å². The summed E-state index contributed by atoms with van der Waals surface area (Å²) in [5.41, 5.74) is 3.34. The molecule has 2 nitrogen and oxygen atoms in total. The first-order valence-corrected chi connectivity index (χ1v) is 9.55. The van der Waals surface area contributed by atoms with E-state index in [1.807, 2.05) is 42.5 Å². The van der Waals surface area contributed by atoms with Gasteiger partial charge in [0.15, 0.2) is 0 Å². The highest BCUT2D eigenvalue weighted by molar-refractivity contribution is 5.37. The number of hydrogen-bond acceptors (Lipinski definition) is 2. The van der Waals surface area contributed by atoms with Gasteiger partial charge in [0, 0.05) is 0 Å². The van der Waals surface area contributed by atoms with Crippen molar-refractivity contribution in [3.63, 3.8) is 0 Å². The van der Waals surface area contributed by atoms with Crippen molar-refractivity contribution in [2.24, 2.45) is 0 Å². The van der Waals surface area contributed by atoms with Gasteiger partial charge >= 0.3 is 6.18 Å². The van der Waals surface area contributed by atoms with Crippen molar-refractivity contribution in [1.82, 2.24) is 0 Å². The molecule has 0 aromatic heterocycles. The quantitative estimate of drug-likeness (QED) is 0.580. The Kier molecular flexibility index (Phi) is 5.33. The normalized spacial score (nSPS) is 18.9. The predicted octanol–water partition coefficient (Wildman–Crippen LogP) is 6.05. The molecule has 3 aromatic carbocycles. The minimum absolute atomic E-state index is 0.201. The molecule has 0 heterocycles. The van der Waals surface area contributed by atoms with Gasteiger partial charge in [-0.2, -0.15) is 13.2 Å². The van der Waals surface area contributed by atoms with Gasteiger partial charge in [0.1, 0.15) is 12.4 Å². The van der Waals surface area contributed by atoms with Crippen LogP contribution in [0.2, 0.25) is 0 Å². The molecule has 0 amide bonds. The molecule has 0 spiro atoms. The van der Waals surface area contributed by atoms with E-state index in [9.17, 15) is 18.3 Å². The zero-order chi connectivity index (χ0) is 20.4. The van der Waals surface area contributed by atoms with Crippen LogP contribution in [-0.4, -0.2) is 5.11 Å². The summed E-state index contributed by atoms with van der Waals surface area (Å²) in [6, 6.07) is 20.7. The summed E-state index contributed by atoms with van der Waals surface area (Å²) in [7, 11) is 0. The van der Waals surface area contributed by atoms with Crippen molar-refractivity contribution < 1.29 is 23.0 Å². The highest BCUT2D eigenvalue weighted by Crippen LogP contribution is 2.38. The molecule has 0 fully saturated rings. The third kappa shape index (κ3) is 4.46. The average molecular weight is 398 g/mol. The number of rotatable bonds is 4. The smallest absolute Gasteiger partial charge is 0.416 e. The lowest BCUT2D eigenvalue weighted by Crippen LogP contribution is -2.17. The van der Waals surface area contributed by atoms with Gasteiger partial charge in [-0.15, -0.1) is 0 Å². The molecule has 5 heteroatoms. The van der Waals surface area contributed by atoms with Gasteiger partial charge in [0.25, 0.3) is 0 Å². The Morgan fingerprint density at radius 1 is 0.897 bits per heavy atom. The Morgan fingerprint density at radius 2 is 1.59 bits per heavy atom. The monoisotopic (exact) mass is 398 g/mol. The van der Waals surface area contributed by atoms with Gasteiger partial charge in [-0.05, 0) is 65.3 Å². The molecule has 0 saturated heterocycles. The third-order valence-electron chi connectivity index (χ3n) is 5.43. The highest BCUT2D eigenvalue weighted by atomic mass is 19.4. The minimum atomic E-state index is -4.33. The number of aliphatic hydroxyl groups excluding tert-OH is 1. The fraction of sp³-hybridized carbons (Fsp3) is 0.250. The minimum Gasteiger partial charge on any atom is -0.489 e. The molecule has 29 heavy (non-hydrogen) atoms. The average Bonchev–Trinajstić information content (AvgIpc) is 2.72. The number of benzene rings is 3. The molecule has 0 aliphatic heterocycles. The topological polar surface area (TPSA) is 29.5 Å². The van der Waals surface area contributed by atoms with E-state index in [1.54, 1.807) is 0 Å². The number of halogens is 3. The number of hydrogen-bond donors (Lipinski definition) is 1. The molecule has 1 N–H and O–H groups in total. The molecule has 0 saturated carbocycles. The second-order valence-electron chi connectivity index (χ2n) is 7.40. The van der Waals surface area contributed by atoms with Crippen molar-refractivity contribution in [3.05, 3.63) is 101 Å². The van der Waals surface area contributed by atoms with E-state index in [-0.39, 0.29) is 12.5 Å². The van der Waals surface area contributed by atoms with Gasteiger partial charge in [-0.1, -0.05) is 48.5 Å². The molecule has 2 atom stereocenters. The molecule has 2 unspecified atom stereocenters. The van der Waals surface area contributed by atoms with Crippen LogP contribution in [0.3, 0.4) is 0 Å². The molecular formula is C24H21F3O2.